The molecule has 1 atom stereocenters. The fourth-order valence-electron chi connectivity index (χ4n) is 2.13. The molecule has 1 aromatic carbocycles. The Hall–Kier alpha value is -3.03. The van der Waals surface area contributed by atoms with Crippen LogP contribution in [0.3, 0.4) is 0 Å². The highest BCUT2D eigenvalue weighted by Crippen LogP contribution is 2.12. The first-order valence-corrected chi connectivity index (χ1v) is 7.44. The number of esters is 3. The standard InChI is InChI=1S/C17H19NO7/c1-11(19)18(12(2)20)15(9-16(22)25-13(3)21)17(23)24-10-14-7-5-4-6-8-14/h4-8,15H,9-10H2,1-3H3/t15-/m0/s1. The van der Waals surface area contributed by atoms with Gasteiger partial charge in [-0.1, -0.05) is 30.3 Å². The number of amides is 2. The lowest BCUT2D eigenvalue weighted by molar-refractivity contribution is -0.166. The molecular weight excluding hydrogens is 330 g/mol. The van der Waals surface area contributed by atoms with E-state index in [1.54, 1.807) is 30.3 Å². The van der Waals surface area contributed by atoms with Gasteiger partial charge in [0, 0.05) is 20.8 Å². The van der Waals surface area contributed by atoms with Crippen molar-refractivity contribution >= 4 is 29.7 Å². The average Bonchev–Trinajstić information content (AvgIpc) is 2.51. The Kier molecular flexibility index (Phi) is 7.45. The van der Waals surface area contributed by atoms with Crippen molar-refractivity contribution in [1.29, 1.82) is 0 Å². The second kappa shape index (κ2) is 9.31. The monoisotopic (exact) mass is 349 g/mol. The van der Waals surface area contributed by atoms with Gasteiger partial charge in [0.2, 0.25) is 11.8 Å². The first-order valence-electron chi connectivity index (χ1n) is 7.44. The number of benzene rings is 1. The molecule has 0 bridgehead atoms. The van der Waals surface area contributed by atoms with E-state index in [-0.39, 0.29) is 6.61 Å². The summed E-state index contributed by atoms with van der Waals surface area (Å²) in [4.78, 5) is 58.8. The molecule has 1 rings (SSSR count). The summed E-state index contributed by atoms with van der Waals surface area (Å²) in [5.74, 6) is -4.32. The summed E-state index contributed by atoms with van der Waals surface area (Å²) in [6.07, 6.45) is -0.674. The molecule has 0 fully saturated rings. The van der Waals surface area contributed by atoms with Crippen molar-refractivity contribution in [3.8, 4) is 0 Å². The van der Waals surface area contributed by atoms with Gasteiger partial charge in [0.15, 0.2) is 0 Å². The first-order chi connectivity index (χ1) is 11.7. The van der Waals surface area contributed by atoms with Gasteiger partial charge in [-0.25, -0.2) is 4.79 Å². The van der Waals surface area contributed by atoms with Crippen LogP contribution in [0.1, 0.15) is 32.8 Å². The number of ether oxygens (including phenoxy) is 2. The van der Waals surface area contributed by atoms with Crippen molar-refractivity contribution in [3.05, 3.63) is 35.9 Å². The zero-order chi connectivity index (χ0) is 19.0. The van der Waals surface area contributed by atoms with Gasteiger partial charge in [-0.2, -0.15) is 0 Å². The molecule has 0 radical (unpaired) electrons. The van der Waals surface area contributed by atoms with Crippen LogP contribution in [0.25, 0.3) is 0 Å². The molecule has 8 heteroatoms. The van der Waals surface area contributed by atoms with E-state index in [9.17, 15) is 24.0 Å². The minimum Gasteiger partial charge on any atom is -0.459 e. The smallest absolute Gasteiger partial charge is 0.330 e. The van der Waals surface area contributed by atoms with E-state index in [0.29, 0.717) is 10.5 Å². The van der Waals surface area contributed by atoms with Crippen LogP contribution in [0, 0.1) is 0 Å². The summed E-state index contributed by atoms with van der Waals surface area (Å²) in [7, 11) is 0. The summed E-state index contributed by atoms with van der Waals surface area (Å²) >= 11 is 0. The Bertz CT molecular complexity index is 655. The van der Waals surface area contributed by atoms with Gasteiger partial charge in [-0.15, -0.1) is 0 Å². The summed E-state index contributed by atoms with van der Waals surface area (Å²) in [5.41, 5.74) is 0.693. The largest absolute Gasteiger partial charge is 0.459 e. The number of carbonyl (C=O) groups is 5. The zero-order valence-corrected chi connectivity index (χ0v) is 14.2. The van der Waals surface area contributed by atoms with Gasteiger partial charge in [-0.3, -0.25) is 24.1 Å². The number of hydrogen-bond donors (Lipinski definition) is 0. The molecule has 0 aliphatic heterocycles. The number of carbonyl (C=O) groups excluding carboxylic acids is 5. The van der Waals surface area contributed by atoms with E-state index in [0.717, 1.165) is 20.8 Å². The van der Waals surface area contributed by atoms with Gasteiger partial charge in [0.1, 0.15) is 12.6 Å². The van der Waals surface area contributed by atoms with Crippen molar-refractivity contribution in [2.24, 2.45) is 0 Å². The highest BCUT2D eigenvalue weighted by Gasteiger charge is 2.35. The fourth-order valence-corrected chi connectivity index (χ4v) is 2.13. The van der Waals surface area contributed by atoms with Crippen LogP contribution in [0.15, 0.2) is 30.3 Å². The highest BCUT2D eigenvalue weighted by molar-refractivity contribution is 5.99. The highest BCUT2D eigenvalue weighted by atomic mass is 16.6. The van der Waals surface area contributed by atoms with Crippen LogP contribution in [0.2, 0.25) is 0 Å². The maximum atomic E-state index is 12.3. The normalized spacial score (nSPS) is 11.2. The van der Waals surface area contributed by atoms with Crippen LogP contribution in [-0.2, 0) is 40.1 Å². The predicted molar refractivity (Wildman–Crippen MR) is 84.6 cm³/mol. The molecule has 0 aliphatic rings. The topological polar surface area (TPSA) is 107 Å². The van der Waals surface area contributed by atoms with Crippen molar-refractivity contribution in [1.82, 2.24) is 4.90 Å². The maximum absolute atomic E-state index is 12.3. The Morgan fingerprint density at radius 3 is 2.00 bits per heavy atom. The molecule has 25 heavy (non-hydrogen) atoms. The summed E-state index contributed by atoms with van der Waals surface area (Å²) in [6.45, 7) is 3.08. The molecule has 0 heterocycles. The van der Waals surface area contributed by atoms with Gasteiger partial charge < -0.3 is 9.47 Å². The molecule has 0 saturated heterocycles. The third-order valence-corrected chi connectivity index (χ3v) is 3.10. The molecule has 0 saturated carbocycles. The van der Waals surface area contributed by atoms with Crippen LogP contribution in [-0.4, -0.2) is 40.7 Å². The van der Waals surface area contributed by atoms with Crippen LogP contribution in [0.4, 0.5) is 0 Å². The van der Waals surface area contributed by atoms with E-state index < -0.39 is 42.2 Å². The molecule has 0 unspecified atom stereocenters. The molecule has 8 nitrogen and oxygen atoms in total. The molecular formula is C17H19NO7. The second-order valence-electron chi connectivity index (χ2n) is 5.19. The molecule has 0 N–H and O–H groups in total. The Morgan fingerprint density at radius 2 is 1.52 bits per heavy atom. The van der Waals surface area contributed by atoms with E-state index >= 15 is 0 Å². The molecule has 134 valence electrons. The lowest BCUT2D eigenvalue weighted by Gasteiger charge is -2.25. The van der Waals surface area contributed by atoms with Crippen molar-refractivity contribution in [2.45, 2.75) is 39.8 Å². The lowest BCUT2D eigenvalue weighted by atomic mass is 10.1. The molecule has 0 spiro atoms. The van der Waals surface area contributed by atoms with E-state index in [4.69, 9.17) is 4.74 Å². The predicted octanol–water partition coefficient (Wildman–Crippen LogP) is 0.973. The molecule has 0 aromatic heterocycles. The van der Waals surface area contributed by atoms with Gasteiger partial charge in [-0.05, 0) is 5.56 Å². The Morgan fingerprint density at radius 1 is 0.960 bits per heavy atom. The SMILES string of the molecule is CC(=O)OC(=O)C[C@@H](C(=O)OCc1ccccc1)N(C(C)=O)C(C)=O. The minimum absolute atomic E-state index is 0.0957. The van der Waals surface area contributed by atoms with Gasteiger partial charge >= 0.3 is 17.9 Å². The van der Waals surface area contributed by atoms with Gasteiger partial charge in [0.25, 0.3) is 0 Å². The van der Waals surface area contributed by atoms with Crippen LogP contribution < -0.4 is 0 Å². The fraction of sp³-hybridized carbons (Fsp3) is 0.353. The number of rotatable bonds is 6. The third kappa shape index (κ3) is 6.54. The maximum Gasteiger partial charge on any atom is 0.330 e. The summed E-state index contributed by atoms with van der Waals surface area (Å²) in [6, 6.07) is 7.23. The molecule has 0 aliphatic carbocycles. The quantitative estimate of drug-likeness (QED) is 0.556. The Balaban J connectivity index is 2.93. The van der Waals surface area contributed by atoms with Gasteiger partial charge in [0.05, 0.1) is 6.42 Å². The number of hydrogen-bond acceptors (Lipinski definition) is 7. The summed E-state index contributed by atoms with van der Waals surface area (Å²) in [5, 5.41) is 0. The van der Waals surface area contributed by atoms with Crippen LogP contribution >= 0.6 is 0 Å². The minimum atomic E-state index is -1.51. The first kappa shape index (κ1) is 20.0. The number of imide groups is 1. The number of nitrogens with zero attached hydrogens (tertiary/aromatic N) is 1. The van der Waals surface area contributed by atoms with Crippen molar-refractivity contribution in [3.63, 3.8) is 0 Å². The molecule has 1 aromatic rings. The van der Waals surface area contributed by atoms with Crippen LogP contribution in [0.5, 0.6) is 0 Å². The zero-order valence-electron chi connectivity index (χ0n) is 14.2. The van der Waals surface area contributed by atoms with E-state index in [2.05, 4.69) is 4.74 Å². The van der Waals surface area contributed by atoms with E-state index in [1.807, 2.05) is 0 Å². The third-order valence-electron chi connectivity index (χ3n) is 3.10. The van der Waals surface area contributed by atoms with Crippen molar-refractivity contribution < 1.29 is 33.4 Å². The summed E-state index contributed by atoms with van der Waals surface area (Å²) < 4.78 is 9.47. The van der Waals surface area contributed by atoms with E-state index in [1.165, 1.54) is 0 Å². The van der Waals surface area contributed by atoms with Crippen molar-refractivity contribution in [2.75, 3.05) is 0 Å². The second-order valence-corrected chi connectivity index (χ2v) is 5.19. The molecule has 2 amide bonds. The lowest BCUT2D eigenvalue weighted by Crippen LogP contribution is -2.48. The average molecular weight is 349 g/mol. The Labute approximate surface area is 144 Å².